The molecule has 3 rings (SSSR count). The number of aryl methyl sites for hydroxylation is 1. The number of nitrogens with zero attached hydrogens (tertiary/aromatic N) is 2. The lowest BCUT2D eigenvalue weighted by Gasteiger charge is -2.45. The van der Waals surface area contributed by atoms with Crippen LogP contribution in [0.5, 0.6) is 0 Å². The van der Waals surface area contributed by atoms with Crippen molar-refractivity contribution >= 4 is 40.6 Å². The minimum atomic E-state index is -0.945. The Balaban J connectivity index is 1.98. The summed E-state index contributed by atoms with van der Waals surface area (Å²) in [5.74, 6) is -0.683. The van der Waals surface area contributed by atoms with Gasteiger partial charge in [-0.15, -0.1) is 0 Å². The van der Waals surface area contributed by atoms with Gasteiger partial charge < -0.3 is 9.64 Å². The molecule has 2 heterocycles. The molecule has 2 aliphatic heterocycles. The van der Waals surface area contributed by atoms with Gasteiger partial charge in [-0.25, -0.2) is 4.79 Å². The van der Waals surface area contributed by atoms with Crippen LogP contribution in [0.2, 0.25) is 0 Å². The largest absolute Gasteiger partial charge is 0.467 e. The molecule has 29 heavy (non-hydrogen) atoms. The number of rotatable bonds is 3. The minimum absolute atomic E-state index is 0.0764. The normalized spacial score (nSPS) is 23.4. The Morgan fingerprint density at radius 1 is 1.34 bits per heavy atom. The van der Waals surface area contributed by atoms with Crippen LogP contribution in [0.15, 0.2) is 17.0 Å². The summed E-state index contributed by atoms with van der Waals surface area (Å²) in [5.41, 5.74) is 4.47. The van der Waals surface area contributed by atoms with E-state index in [1.54, 1.807) is 6.08 Å². The Hall–Kier alpha value is -2.28. The molecule has 0 bridgehead atoms. The number of thioether (sulfide) groups is 1. The number of fused-ring (bicyclic) bond motifs is 1. The van der Waals surface area contributed by atoms with Crippen LogP contribution in [-0.2, 0) is 14.3 Å². The van der Waals surface area contributed by atoms with E-state index in [-0.39, 0.29) is 5.54 Å². The highest BCUT2D eigenvalue weighted by molar-refractivity contribution is 8.18. The molecule has 6 nitrogen and oxygen atoms in total. The van der Waals surface area contributed by atoms with E-state index in [0.29, 0.717) is 10.8 Å². The predicted octanol–water partition coefficient (Wildman–Crippen LogP) is 4.31. The second kappa shape index (κ2) is 7.52. The average molecular weight is 417 g/mol. The number of carbonyl (C=O) groups excluding carboxylic acids is 3. The molecule has 156 valence electrons. The number of methoxy groups -OCH3 is 1. The van der Waals surface area contributed by atoms with Gasteiger partial charge in [0.15, 0.2) is 0 Å². The van der Waals surface area contributed by atoms with Gasteiger partial charge >= 0.3 is 5.97 Å². The van der Waals surface area contributed by atoms with Gasteiger partial charge in [0.2, 0.25) is 0 Å². The summed E-state index contributed by atoms with van der Waals surface area (Å²) < 4.78 is 4.68. The average Bonchev–Trinajstić information content (AvgIpc) is 2.92. The molecule has 0 N–H and O–H groups in total. The molecule has 2 unspecified atom stereocenters. The van der Waals surface area contributed by atoms with Crippen LogP contribution in [0, 0.1) is 6.92 Å². The molecule has 1 aromatic carbocycles. The van der Waals surface area contributed by atoms with Crippen LogP contribution in [-0.4, -0.2) is 47.8 Å². The summed E-state index contributed by atoms with van der Waals surface area (Å²) in [6.07, 6.45) is 2.79. The molecular weight excluding hydrogens is 388 g/mol. The minimum Gasteiger partial charge on any atom is -0.467 e. The van der Waals surface area contributed by atoms with Crippen molar-refractivity contribution in [1.82, 2.24) is 4.90 Å². The van der Waals surface area contributed by atoms with Crippen molar-refractivity contribution in [3.05, 3.63) is 33.7 Å². The molecule has 2 amide bonds. The quantitative estimate of drug-likeness (QED) is 0.540. The number of benzene rings is 1. The zero-order chi connectivity index (χ0) is 21.7. The number of hydrogen-bond acceptors (Lipinski definition) is 6. The van der Waals surface area contributed by atoms with Gasteiger partial charge in [-0.2, -0.15) is 0 Å². The van der Waals surface area contributed by atoms with Gasteiger partial charge in [-0.3, -0.25) is 14.5 Å². The van der Waals surface area contributed by atoms with Gasteiger partial charge in [-0.05, 0) is 86.7 Å². The Morgan fingerprint density at radius 3 is 2.62 bits per heavy atom. The van der Waals surface area contributed by atoms with E-state index >= 15 is 0 Å². The van der Waals surface area contributed by atoms with E-state index in [2.05, 4.69) is 49.6 Å². The molecule has 0 radical (unpaired) electrons. The number of amides is 2. The number of imide groups is 1. The predicted molar refractivity (Wildman–Crippen MR) is 116 cm³/mol. The third-order valence-corrected chi connectivity index (χ3v) is 6.94. The lowest BCUT2D eigenvalue weighted by Crippen LogP contribution is -2.45. The van der Waals surface area contributed by atoms with Crippen LogP contribution < -0.4 is 4.90 Å². The fraction of sp³-hybridized carbons (Fsp3) is 0.500. The maximum Gasteiger partial charge on any atom is 0.328 e. The summed E-state index contributed by atoms with van der Waals surface area (Å²) in [6, 6.07) is 3.33. The molecule has 7 heteroatoms. The van der Waals surface area contributed by atoms with Gasteiger partial charge in [0.1, 0.15) is 6.04 Å². The van der Waals surface area contributed by atoms with Crippen molar-refractivity contribution in [3.63, 3.8) is 0 Å². The van der Waals surface area contributed by atoms with Crippen molar-refractivity contribution < 1.29 is 19.1 Å². The fourth-order valence-corrected chi connectivity index (χ4v) is 5.02. The first-order valence-electron chi connectivity index (χ1n) is 9.71. The van der Waals surface area contributed by atoms with Crippen LogP contribution >= 0.6 is 11.8 Å². The molecule has 0 spiro atoms. The molecule has 0 aromatic heterocycles. The summed E-state index contributed by atoms with van der Waals surface area (Å²) in [7, 11) is 3.35. The highest BCUT2D eigenvalue weighted by atomic mass is 32.2. The number of hydrogen-bond donors (Lipinski definition) is 0. The molecule has 0 saturated carbocycles. The van der Waals surface area contributed by atoms with Crippen LogP contribution in [0.25, 0.3) is 6.08 Å². The maximum absolute atomic E-state index is 12.8. The van der Waals surface area contributed by atoms with E-state index in [1.807, 2.05) is 6.92 Å². The third-order valence-electron chi connectivity index (χ3n) is 6.06. The number of anilines is 1. The van der Waals surface area contributed by atoms with Crippen LogP contribution in [0.3, 0.4) is 0 Å². The molecule has 1 aromatic rings. The van der Waals surface area contributed by atoms with Crippen molar-refractivity contribution in [1.29, 1.82) is 0 Å². The monoisotopic (exact) mass is 416 g/mol. The van der Waals surface area contributed by atoms with Crippen molar-refractivity contribution in [2.75, 3.05) is 19.1 Å². The van der Waals surface area contributed by atoms with E-state index in [1.165, 1.54) is 25.3 Å². The second-order valence-electron chi connectivity index (χ2n) is 8.50. The lowest BCUT2D eigenvalue weighted by molar-refractivity contribution is -0.148. The smallest absolute Gasteiger partial charge is 0.328 e. The second-order valence-corrected chi connectivity index (χ2v) is 9.49. The summed E-state index contributed by atoms with van der Waals surface area (Å²) in [5, 5.41) is -0.454. The Labute approximate surface area is 176 Å². The molecular formula is C22H28N2O4S. The third kappa shape index (κ3) is 3.68. The summed E-state index contributed by atoms with van der Waals surface area (Å²) >= 11 is 0.860. The highest BCUT2D eigenvalue weighted by Crippen LogP contribution is 2.44. The number of ether oxygens (including phenoxy) is 1. The lowest BCUT2D eigenvalue weighted by atomic mass is 9.79. The van der Waals surface area contributed by atoms with Gasteiger partial charge in [0.05, 0.1) is 12.0 Å². The SMILES string of the molecule is COC(=O)C(C)N1C(=O)S/C(=C\c2cc3c(cc2C)N(C)C(C)(C)CC3C)C1=O. The molecule has 1 saturated heterocycles. The first-order valence-corrected chi connectivity index (χ1v) is 10.5. The van der Waals surface area contributed by atoms with Gasteiger partial charge in [0.25, 0.3) is 11.1 Å². The molecule has 0 aliphatic carbocycles. The zero-order valence-electron chi connectivity index (χ0n) is 18.0. The molecule has 1 fully saturated rings. The van der Waals surface area contributed by atoms with Crippen LogP contribution in [0.1, 0.15) is 56.7 Å². The van der Waals surface area contributed by atoms with Gasteiger partial charge in [-0.1, -0.05) is 6.92 Å². The fourth-order valence-electron chi connectivity index (χ4n) is 4.12. The van der Waals surface area contributed by atoms with Gasteiger partial charge in [0, 0.05) is 18.3 Å². The zero-order valence-corrected chi connectivity index (χ0v) is 18.8. The highest BCUT2D eigenvalue weighted by Gasteiger charge is 2.41. The van der Waals surface area contributed by atoms with E-state index in [4.69, 9.17) is 0 Å². The number of carbonyl (C=O) groups is 3. The summed E-state index contributed by atoms with van der Waals surface area (Å²) in [4.78, 5) is 40.5. The topological polar surface area (TPSA) is 66.9 Å². The molecule has 2 atom stereocenters. The van der Waals surface area contributed by atoms with Crippen molar-refractivity contribution in [3.8, 4) is 0 Å². The van der Waals surface area contributed by atoms with E-state index < -0.39 is 23.2 Å². The Kier molecular flexibility index (Phi) is 5.56. The Morgan fingerprint density at radius 2 is 2.00 bits per heavy atom. The Bertz CT molecular complexity index is 922. The maximum atomic E-state index is 12.8. The summed E-state index contributed by atoms with van der Waals surface area (Å²) in [6.45, 7) is 10.2. The standard InChI is InChI=1S/C22H28N2O4S/c1-12-8-17-16(13(2)11-22(4,5)23(17)6)9-15(12)10-18-19(25)24(21(27)29-18)14(3)20(26)28-7/h8-10,13-14H,11H2,1-7H3/b18-10-. The van der Waals surface area contributed by atoms with Crippen molar-refractivity contribution in [2.45, 2.75) is 58.5 Å². The van der Waals surface area contributed by atoms with E-state index in [9.17, 15) is 14.4 Å². The van der Waals surface area contributed by atoms with Crippen LogP contribution in [0.4, 0.5) is 10.5 Å². The van der Waals surface area contributed by atoms with Crippen molar-refractivity contribution in [2.24, 2.45) is 0 Å². The first kappa shape index (κ1) is 21.4. The number of esters is 1. The molecule has 2 aliphatic rings. The van der Waals surface area contributed by atoms with E-state index in [0.717, 1.165) is 34.2 Å². The first-order chi connectivity index (χ1) is 13.5.